The number of hydrogen-bond acceptors (Lipinski definition) is 4. The first-order valence-electron chi connectivity index (χ1n) is 6.00. The SMILES string of the molecule is COc1cc(N2CCN(C)[C@@H](C)C2)ccc1N. The van der Waals surface area contributed by atoms with Gasteiger partial charge < -0.3 is 20.3 Å². The largest absolute Gasteiger partial charge is 0.495 e. The summed E-state index contributed by atoms with van der Waals surface area (Å²) in [5.41, 5.74) is 7.71. The fourth-order valence-corrected chi connectivity index (χ4v) is 2.18. The third-order valence-corrected chi connectivity index (χ3v) is 3.54. The van der Waals surface area contributed by atoms with Gasteiger partial charge in [-0.1, -0.05) is 0 Å². The second-order valence-corrected chi connectivity index (χ2v) is 4.70. The van der Waals surface area contributed by atoms with Gasteiger partial charge in [0.2, 0.25) is 0 Å². The van der Waals surface area contributed by atoms with Crippen LogP contribution in [0.2, 0.25) is 0 Å². The van der Waals surface area contributed by atoms with Crippen LogP contribution in [0.25, 0.3) is 0 Å². The van der Waals surface area contributed by atoms with Gasteiger partial charge in [-0.15, -0.1) is 0 Å². The zero-order valence-corrected chi connectivity index (χ0v) is 10.8. The summed E-state index contributed by atoms with van der Waals surface area (Å²) in [6, 6.07) is 6.58. The van der Waals surface area contributed by atoms with Crippen molar-refractivity contribution >= 4 is 11.4 Å². The molecule has 0 aliphatic carbocycles. The second kappa shape index (κ2) is 4.84. The number of hydrogen-bond donors (Lipinski definition) is 1. The van der Waals surface area contributed by atoms with Crippen LogP contribution in [-0.4, -0.2) is 44.7 Å². The van der Waals surface area contributed by atoms with Crippen molar-refractivity contribution in [3.05, 3.63) is 18.2 Å². The minimum atomic E-state index is 0.576. The molecule has 0 unspecified atom stereocenters. The predicted octanol–water partition coefficient (Wildman–Crippen LogP) is 1.42. The molecule has 1 fully saturated rings. The van der Waals surface area contributed by atoms with Crippen molar-refractivity contribution in [2.75, 3.05) is 44.4 Å². The molecule has 2 rings (SSSR count). The smallest absolute Gasteiger partial charge is 0.143 e. The lowest BCUT2D eigenvalue weighted by Crippen LogP contribution is -2.50. The number of nitrogens with two attached hydrogens (primary N) is 1. The van der Waals surface area contributed by atoms with Crippen molar-refractivity contribution in [1.82, 2.24) is 4.90 Å². The Kier molecular flexibility index (Phi) is 3.43. The van der Waals surface area contributed by atoms with Crippen LogP contribution in [-0.2, 0) is 0 Å². The van der Waals surface area contributed by atoms with Crippen LogP contribution in [0.1, 0.15) is 6.92 Å². The normalized spacial score (nSPS) is 21.6. The van der Waals surface area contributed by atoms with Gasteiger partial charge >= 0.3 is 0 Å². The van der Waals surface area contributed by atoms with E-state index >= 15 is 0 Å². The first-order chi connectivity index (χ1) is 8.11. The van der Waals surface area contributed by atoms with Crippen molar-refractivity contribution in [2.45, 2.75) is 13.0 Å². The maximum Gasteiger partial charge on any atom is 0.143 e. The maximum absolute atomic E-state index is 5.83. The molecule has 0 radical (unpaired) electrons. The van der Waals surface area contributed by atoms with Crippen molar-refractivity contribution in [1.29, 1.82) is 0 Å². The van der Waals surface area contributed by atoms with Crippen LogP contribution in [0.4, 0.5) is 11.4 Å². The van der Waals surface area contributed by atoms with Crippen LogP contribution in [0, 0.1) is 0 Å². The molecule has 1 aromatic carbocycles. The minimum Gasteiger partial charge on any atom is -0.495 e. The molecule has 4 heteroatoms. The first kappa shape index (κ1) is 12.0. The third-order valence-electron chi connectivity index (χ3n) is 3.54. The Morgan fingerprint density at radius 2 is 2.12 bits per heavy atom. The van der Waals surface area contributed by atoms with Crippen molar-refractivity contribution in [3.63, 3.8) is 0 Å². The van der Waals surface area contributed by atoms with E-state index in [0.29, 0.717) is 11.7 Å². The molecule has 17 heavy (non-hydrogen) atoms. The molecule has 0 bridgehead atoms. The van der Waals surface area contributed by atoms with Gasteiger partial charge in [-0.05, 0) is 26.1 Å². The Morgan fingerprint density at radius 1 is 1.35 bits per heavy atom. The van der Waals surface area contributed by atoms with E-state index < -0.39 is 0 Å². The van der Waals surface area contributed by atoms with Crippen molar-refractivity contribution in [2.24, 2.45) is 0 Å². The molecular weight excluding hydrogens is 214 g/mol. The van der Waals surface area contributed by atoms with Gasteiger partial charge in [0.25, 0.3) is 0 Å². The predicted molar refractivity (Wildman–Crippen MR) is 71.7 cm³/mol. The third kappa shape index (κ3) is 2.47. The summed E-state index contributed by atoms with van der Waals surface area (Å²) in [5.74, 6) is 0.758. The molecule has 0 saturated carbocycles. The van der Waals surface area contributed by atoms with E-state index in [2.05, 4.69) is 29.8 Å². The van der Waals surface area contributed by atoms with Gasteiger partial charge in [-0.2, -0.15) is 0 Å². The highest BCUT2D eigenvalue weighted by molar-refractivity contribution is 5.62. The summed E-state index contributed by atoms with van der Waals surface area (Å²) in [4.78, 5) is 4.76. The standard InChI is InChI=1S/C13H21N3O/c1-10-9-16(7-6-15(10)2)11-4-5-12(14)13(8-11)17-3/h4-5,8,10H,6-7,9,14H2,1-3H3/t10-/m0/s1. The Balaban J connectivity index is 2.17. The van der Waals surface area contributed by atoms with Crippen molar-refractivity contribution < 1.29 is 4.74 Å². The number of nitrogens with zero attached hydrogens (tertiary/aromatic N) is 2. The van der Waals surface area contributed by atoms with E-state index in [9.17, 15) is 0 Å². The molecule has 2 N–H and O–H groups in total. The summed E-state index contributed by atoms with van der Waals surface area (Å²) in [6.07, 6.45) is 0. The number of piperazine rings is 1. The highest BCUT2D eigenvalue weighted by atomic mass is 16.5. The van der Waals surface area contributed by atoms with E-state index in [1.54, 1.807) is 7.11 Å². The van der Waals surface area contributed by atoms with Crippen LogP contribution in [0.5, 0.6) is 5.75 Å². The van der Waals surface area contributed by atoms with E-state index in [1.807, 2.05) is 12.1 Å². The Labute approximate surface area is 103 Å². The maximum atomic E-state index is 5.83. The van der Waals surface area contributed by atoms with E-state index in [0.717, 1.165) is 25.4 Å². The number of ether oxygens (including phenoxy) is 1. The monoisotopic (exact) mass is 235 g/mol. The van der Waals surface area contributed by atoms with Gasteiger partial charge in [0.1, 0.15) is 5.75 Å². The molecule has 1 atom stereocenters. The van der Waals surface area contributed by atoms with E-state index in [4.69, 9.17) is 10.5 Å². The van der Waals surface area contributed by atoms with Crippen LogP contribution in [0.15, 0.2) is 18.2 Å². The zero-order chi connectivity index (χ0) is 12.4. The Hall–Kier alpha value is -1.42. The topological polar surface area (TPSA) is 41.7 Å². The summed E-state index contributed by atoms with van der Waals surface area (Å²) < 4.78 is 5.26. The van der Waals surface area contributed by atoms with Gasteiger partial charge in [0.05, 0.1) is 12.8 Å². The Bertz CT molecular complexity index is 394. The fourth-order valence-electron chi connectivity index (χ4n) is 2.18. The number of methoxy groups -OCH3 is 1. The molecule has 1 saturated heterocycles. The number of nitrogen functional groups attached to an aromatic ring is 1. The van der Waals surface area contributed by atoms with E-state index in [-0.39, 0.29) is 0 Å². The van der Waals surface area contributed by atoms with E-state index in [1.165, 1.54) is 5.69 Å². The molecule has 1 aromatic rings. The highest BCUT2D eigenvalue weighted by Gasteiger charge is 2.21. The van der Waals surface area contributed by atoms with Gasteiger partial charge in [-0.25, -0.2) is 0 Å². The van der Waals surface area contributed by atoms with Crippen molar-refractivity contribution in [3.8, 4) is 5.75 Å². The minimum absolute atomic E-state index is 0.576. The lowest BCUT2D eigenvalue weighted by molar-refractivity contribution is 0.234. The molecule has 0 amide bonds. The van der Waals surface area contributed by atoms with Gasteiger partial charge in [0.15, 0.2) is 0 Å². The van der Waals surface area contributed by atoms with Crippen LogP contribution < -0.4 is 15.4 Å². The molecule has 1 heterocycles. The molecule has 0 aromatic heterocycles. The summed E-state index contributed by atoms with van der Waals surface area (Å²) in [6.45, 7) is 5.44. The molecule has 1 aliphatic heterocycles. The molecule has 4 nitrogen and oxygen atoms in total. The van der Waals surface area contributed by atoms with Crippen LogP contribution >= 0.6 is 0 Å². The van der Waals surface area contributed by atoms with Crippen LogP contribution in [0.3, 0.4) is 0 Å². The summed E-state index contributed by atoms with van der Waals surface area (Å²) >= 11 is 0. The summed E-state index contributed by atoms with van der Waals surface area (Å²) in [7, 11) is 3.83. The summed E-state index contributed by atoms with van der Waals surface area (Å²) in [5, 5.41) is 0. The average molecular weight is 235 g/mol. The lowest BCUT2D eigenvalue weighted by Gasteiger charge is -2.39. The molecular formula is C13H21N3O. The zero-order valence-electron chi connectivity index (χ0n) is 10.8. The molecule has 94 valence electrons. The number of anilines is 2. The second-order valence-electron chi connectivity index (χ2n) is 4.70. The average Bonchev–Trinajstić information content (AvgIpc) is 2.33. The molecule has 1 aliphatic rings. The van der Waals surface area contributed by atoms with Gasteiger partial charge in [-0.3, -0.25) is 0 Å². The first-order valence-corrected chi connectivity index (χ1v) is 6.00. The van der Waals surface area contributed by atoms with Gasteiger partial charge in [0, 0.05) is 37.4 Å². The Morgan fingerprint density at radius 3 is 2.76 bits per heavy atom. The highest BCUT2D eigenvalue weighted by Crippen LogP contribution is 2.28. The lowest BCUT2D eigenvalue weighted by atomic mass is 10.1. The molecule has 0 spiro atoms. The number of likely N-dealkylation sites (N-methyl/N-ethyl adjacent to an activating group) is 1. The quantitative estimate of drug-likeness (QED) is 0.787. The number of benzene rings is 1. The fraction of sp³-hybridized carbons (Fsp3) is 0.538. The number of rotatable bonds is 2.